The van der Waals surface area contributed by atoms with E-state index in [2.05, 4.69) is 0 Å². The van der Waals surface area contributed by atoms with Gasteiger partial charge in [0.05, 0.1) is 6.61 Å². The quantitative estimate of drug-likeness (QED) is 0.339. The lowest BCUT2D eigenvalue weighted by atomic mass is 10.1. The Balaban J connectivity index is 2.12. The van der Waals surface area contributed by atoms with E-state index in [9.17, 15) is 4.79 Å². The van der Waals surface area contributed by atoms with Crippen molar-refractivity contribution in [1.29, 1.82) is 0 Å². The second-order valence-corrected chi connectivity index (χ2v) is 2.89. The summed E-state index contributed by atoms with van der Waals surface area (Å²) in [5, 5.41) is 0. The molecular weight excluding hydrogens is 140 g/mol. The van der Waals surface area contributed by atoms with E-state index in [1.165, 1.54) is 25.7 Å². The molecule has 0 saturated heterocycles. The molecule has 1 saturated carbocycles. The monoisotopic (exact) mass is 152 g/mol. The first kappa shape index (κ1) is 8.13. The van der Waals surface area contributed by atoms with Gasteiger partial charge in [0, 0.05) is 5.92 Å². The molecule has 1 fully saturated rings. The van der Waals surface area contributed by atoms with Gasteiger partial charge >= 0.3 is 5.97 Å². The Morgan fingerprint density at radius 3 is 2.73 bits per heavy atom. The highest BCUT2D eigenvalue weighted by Gasteiger charge is 2.15. The van der Waals surface area contributed by atoms with Crippen molar-refractivity contribution in [2.75, 3.05) is 6.61 Å². The largest absolute Gasteiger partial charge is 0.456 e. The lowest BCUT2D eigenvalue weighted by molar-refractivity contribution is -0.137. The number of esters is 1. The van der Waals surface area contributed by atoms with Crippen LogP contribution in [0.4, 0.5) is 0 Å². The minimum absolute atomic E-state index is 0.517. The van der Waals surface area contributed by atoms with Crippen LogP contribution in [-0.2, 0) is 9.53 Å². The van der Waals surface area contributed by atoms with Crippen molar-refractivity contribution in [2.45, 2.75) is 25.7 Å². The summed E-state index contributed by atoms with van der Waals surface area (Å²) >= 11 is 0. The maximum absolute atomic E-state index is 10.5. The zero-order chi connectivity index (χ0) is 8.10. The highest BCUT2D eigenvalue weighted by molar-refractivity contribution is 5.87. The third-order valence-electron chi connectivity index (χ3n) is 2.04. The van der Waals surface area contributed by atoms with Crippen molar-refractivity contribution in [3.05, 3.63) is 0 Å². The Kier molecular flexibility index (Phi) is 2.97. The molecule has 0 aromatic rings. The molecule has 2 nitrogen and oxygen atoms in total. The van der Waals surface area contributed by atoms with E-state index in [0.717, 1.165) is 0 Å². The number of rotatable bonds is 2. The van der Waals surface area contributed by atoms with E-state index >= 15 is 0 Å². The molecule has 2 heteroatoms. The third kappa shape index (κ3) is 2.63. The first-order valence-corrected chi connectivity index (χ1v) is 3.96. The molecule has 0 unspecified atom stereocenters. The number of carbonyl (C=O) groups excluding carboxylic acids is 1. The smallest absolute Gasteiger partial charge is 0.384 e. The van der Waals surface area contributed by atoms with E-state index in [-0.39, 0.29) is 0 Å². The van der Waals surface area contributed by atoms with Gasteiger partial charge in [-0.3, -0.25) is 0 Å². The summed E-state index contributed by atoms with van der Waals surface area (Å²) in [6, 6.07) is 0. The minimum Gasteiger partial charge on any atom is -0.456 e. The summed E-state index contributed by atoms with van der Waals surface area (Å²) < 4.78 is 4.80. The van der Waals surface area contributed by atoms with Gasteiger partial charge in [-0.05, 0) is 18.8 Å². The van der Waals surface area contributed by atoms with E-state index < -0.39 is 5.97 Å². The standard InChI is InChI=1S/C9H12O2/c1-2-9(10)11-7-8-5-3-4-6-8/h1,8H,3-7H2. The van der Waals surface area contributed by atoms with Crippen molar-refractivity contribution in [1.82, 2.24) is 0 Å². The summed E-state index contributed by atoms with van der Waals surface area (Å²) in [7, 11) is 0. The second kappa shape index (κ2) is 4.02. The number of ether oxygens (including phenoxy) is 1. The van der Waals surface area contributed by atoms with Crippen molar-refractivity contribution in [2.24, 2.45) is 5.92 Å². The third-order valence-corrected chi connectivity index (χ3v) is 2.04. The van der Waals surface area contributed by atoms with Gasteiger partial charge < -0.3 is 4.74 Å². The molecule has 0 aromatic carbocycles. The van der Waals surface area contributed by atoms with Gasteiger partial charge in [0.1, 0.15) is 0 Å². The van der Waals surface area contributed by atoms with E-state index in [1.807, 2.05) is 5.92 Å². The molecule has 0 atom stereocenters. The average molecular weight is 152 g/mol. The molecule has 1 rings (SSSR count). The topological polar surface area (TPSA) is 26.3 Å². The Morgan fingerprint density at radius 2 is 2.18 bits per heavy atom. The van der Waals surface area contributed by atoms with Crippen molar-refractivity contribution < 1.29 is 9.53 Å². The fourth-order valence-corrected chi connectivity index (χ4v) is 1.41. The van der Waals surface area contributed by atoms with Crippen molar-refractivity contribution in [3.63, 3.8) is 0 Å². The molecule has 1 aliphatic carbocycles. The highest BCUT2D eigenvalue weighted by Crippen LogP contribution is 2.24. The van der Waals surface area contributed by atoms with Gasteiger partial charge in [0.15, 0.2) is 0 Å². The van der Waals surface area contributed by atoms with Crippen LogP contribution >= 0.6 is 0 Å². The molecule has 0 spiro atoms. The Bertz CT molecular complexity index is 172. The maximum atomic E-state index is 10.5. The predicted molar refractivity (Wildman–Crippen MR) is 41.8 cm³/mol. The highest BCUT2D eigenvalue weighted by atomic mass is 16.5. The number of carbonyl (C=O) groups is 1. The van der Waals surface area contributed by atoms with Gasteiger partial charge in [0.25, 0.3) is 0 Å². The first-order valence-electron chi connectivity index (χ1n) is 3.96. The minimum atomic E-state index is -0.531. The zero-order valence-electron chi connectivity index (χ0n) is 6.51. The van der Waals surface area contributed by atoms with Crippen LogP contribution in [0.5, 0.6) is 0 Å². The SMILES string of the molecule is C#CC(=O)OCC1CCCC1. The molecule has 0 amide bonds. The second-order valence-electron chi connectivity index (χ2n) is 2.89. The van der Waals surface area contributed by atoms with Gasteiger partial charge in [-0.2, -0.15) is 0 Å². The molecule has 0 bridgehead atoms. The van der Waals surface area contributed by atoms with Crippen LogP contribution in [0.15, 0.2) is 0 Å². The molecule has 0 heterocycles. The predicted octanol–water partition coefficient (Wildman–Crippen LogP) is 1.35. The summed E-state index contributed by atoms with van der Waals surface area (Å²) in [6.07, 6.45) is 9.71. The van der Waals surface area contributed by atoms with Crippen LogP contribution in [0.3, 0.4) is 0 Å². The number of hydrogen-bond acceptors (Lipinski definition) is 2. The molecule has 11 heavy (non-hydrogen) atoms. The molecule has 60 valence electrons. The van der Waals surface area contributed by atoms with E-state index in [1.54, 1.807) is 0 Å². The molecule has 0 aromatic heterocycles. The zero-order valence-corrected chi connectivity index (χ0v) is 6.51. The van der Waals surface area contributed by atoms with Gasteiger partial charge in [0.2, 0.25) is 0 Å². The van der Waals surface area contributed by atoms with Gasteiger partial charge in [-0.25, -0.2) is 4.79 Å². The summed E-state index contributed by atoms with van der Waals surface area (Å²) in [5.41, 5.74) is 0. The fraction of sp³-hybridized carbons (Fsp3) is 0.667. The average Bonchev–Trinajstić information content (AvgIpc) is 2.52. The van der Waals surface area contributed by atoms with Crippen LogP contribution in [0.1, 0.15) is 25.7 Å². The lowest BCUT2D eigenvalue weighted by Gasteiger charge is -2.06. The van der Waals surface area contributed by atoms with Crippen LogP contribution in [0, 0.1) is 18.3 Å². The van der Waals surface area contributed by atoms with Crippen LogP contribution in [0.25, 0.3) is 0 Å². The summed E-state index contributed by atoms with van der Waals surface area (Å²) in [6.45, 7) is 0.517. The van der Waals surface area contributed by atoms with Crippen molar-refractivity contribution in [3.8, 4) is 12.3 Å². The molecule has 0 N–H and O–H groups in total. The van der Waals surface area contributed by atoms with E-state index in [4.69, 9.17) is 11.2 Å². The normalized spacial score (nSPS) is 17.7. The lowest BCUT2D eigenvalue weighted by Crippen LogP contribution is -2.09. The molecule has 1 aliphatic rings. The number of hydrogen-bond donors (Lipinski definition) is 0. The Morgan fingerprint density at radius 1 is 1.55 bits per heavy atom. The summed E-state index contributed by atoms with van der Waals surface area (Å²) in [4.78, 5) is 10.5. The fourth-order valence-electron chi connectivity index (χ4n) is 1.41. The van der Waals surface area contributed by atoms with Gasteiger partial charge in [-0.15, -0.1) is 6.42 Å². The maximum Gasteiger partial charge on any atom is 0.384 e. The van der Waals surface area contributed by atoms with Crippen LogP contribution in [-0.4, -0.2) is 12.6 Å². The van der Waals surface area contributed by atoms with E-state index in [0.29, 0.717) is 12.5 Å². The number of terminal acetylenes is 1. The Hall–Kier alpha value is -0.970. The Labute approximate surface area is 66.9 Å². The van der Waals surface area contributed by atoms with Gasteiger partial charge in [-0.1, -0.05) is 12.8 Å². The summed E-state index contributed by atoms with van der Waals surface area (Å²) in [5.74, 6) is 1.96. The van der Waals surface area contributed by atoms with Crippen LogP contribution in [0.2, 0.25) is 0 Å². The first-order chi connectivity index (χ1) is 5.33. The van der Waals surface area contributed by atoms with Crippen LogP contribution < -0.4 is 0 Å². The molecular formula is C9H12O2. The molecule has 0 radical (unpaired) electrons. The molecule has 0 aliphatic heterocycles. The van der Waals surface area contributed by atoms with Crippen molar-refractivity contribution >= 4 is 5.97 Å².